The first-order chi connectivity index (χ1) is 11.7. The van der Waals surface area contributed by atoms with Crippen LogP contribution < -0.4 is 5.32 Å². The molecule has 0 amide bonds. The first kappa shape index (κ1) is 23.9. The molecule has 0 rings (SSSR count). The van der Waals surface area contributed by atoms with Gasteiger partial charge in [0.15, 0.2) is 0 Å². The van der Waals surface area contributed by atoms with Crippen molar-refractivity contribution in [3.05, 3.63) is 6.92 Å². The van der Waals surface area contributed by atoms with E-state index in [0.29, 0.717) is 6.42 Å². The summed E-state index contributed by atoms with van der Waals surface area (Å²) in [5, 5.41) is 13.5. The van der Waals surface area contributed by atoms with Crippen molar-refractivity contribution in [3.63, 3.8) is 0 Å². The van der Waals surface area contributed by atoms with E-state index in [1.54, 1.807) is 0 Å². The minimum Gasteiger partial charge on any atom is -0.376 e. The Morgan fingerprint density at radius 1 is 0.667 bits per heavy atom. The van der Waals surface area contributed by atoms with Gasteiger partial charge in [-0.15, -0.1) is 0 Å². The van der Waals surface area contributed by atoms with Crippen molar-refractivity contribution in [1.29, 1.82) is 0 Å². The highest BCUT2D eigenvalue weighted by atomic mass is 16.3. The molecule has 1 unspecified atom stereocenters. The van der Waals surface area contributed by atoms with E-state index in [0.717, 1.165) is 19.4 Å². The van der Waals surface area contributed by atoms with E-state index in [4.69, 9.17) is 0 Å². The maximum atomic E-state index is 10.3. The number of hydrogen-bond donors (Lipinski definition) is 2. The predicted molar refractivity (Wildman–Crippen MR) is 108 cm³/mol. The van der Waals surface area contributed by atoms with Crippen molar-refractivity contribution in [2.45, 2.75) is 129 Å². The molecule has 0 saturated carbocycles. The van der Waals surface area contributed by atoms with Crippen LogP contribution in [-0.4, -0.2) is 17.4 Å². The monoisotopic (exact) mass is 340 g/mol. The van der Waals surface area contributed by atoms with Gasteiger partial charge >= 0.3 is 0 Å². The van der Waals surface area contributed by atoms with Crippen molar-refractivity contribution >= 4 is 0 Å². The van der Waals surface area contributed by atoms with Crippen LogP contribution in [0, 0.1) is 6.92 Å². The van der Waals surface area contributed by atoms with Gasteiger partial charge in [0.1, 0.15) is 5.72 Å². The second-order valence-corrected chi connectivity index (χ2v) is 7.55. The second kappa shape index (κ2) is 17.7. The lowest BCUT2D eigenvalue weighted by molar-refractivity contribution is -0.00161. The highest BCUT2D eigenvalue weighted by molar-refractivity contribution is 4.76. The average Bonchev–Trinajstić information content (AvgIpc) is 2.58. The number of unbranched alkanes of at least 4 members (excludes halogenated alkanes) is 13. The van der Waals surface area contributed by atoms with Gasteiger partial charge in [0.25, 0.3) is 0 Å². The topological polar surface area (TPSA) is 32.3 Å². The summed E-state index contributed by atoms with van der Waals surface area (Å²) in [7, 11) is 0. The normalized spacial score (nSPS) is 14.0. The zero-order valence-electron chi connectivity index (χ0n) is 16.9. The van der Waals surface area contributed by atoms with Gasteiger partial charge in [0.2, 0.25) is 0 Å². The smallest absolute Gasteiger partial charge is 0.116 e. The molecule has 0 bridgehead atoms. The molecule has 0 saturated heterocycles. The first-order valence-electron chi connectivity index (χ1n) is 10.9. The van der Waals surface area contributed by atoms with Crippen LogP contribution in [0.25, 0.3) is 0 Å². The third-order valence-electron chi connectivity index (χ3n) is 5.06. The number of aliphatic hydroxyl groups is 1. The molecule has 0 aliphatic heterocycles. The van der Waals surface area contributed by atoms with E-state index in [1.165, 1.54) is 89.9 Å². The van der Waals surface area contributed by atoms with Gasteiger partial charge in [-0.2, -0.15) is 0 Å². The van der Waals surface area contributed by atoms with E-state index in [-0.39, 0.29) is 0 Å². The molecule has 0 aliphatic rings. The molecule has 0 aromatic heterocycles. The lowest BCUT2D eigenvalue weighted by Gasteiger charge is -2.27. The Kier molecular flexibility index (Phi) is 17.7. The fourth-order valence-corrected chi connectivity index (χ4v) is 3.36. The van der Waals surface area contributed by atoms with Gasteiger partial charge in [0.05, 0.1) is 0 Å². The summed E-state index contributed by atoms with van der Waals surface area (Å²) < 4.78 is 0. The van der Waals surface area contributed by atoms with Crippen molar-refractivity contribution in [1.82, 2.24) is 5.32 Å². The molecule has 0 heterocycles. The van der Waals surface area contributed by atoms with Crippen LogP contribution in [-0.2, 0) is 0 Å². The molecule has 0 fully saturated rings. The van der Waals surface area contributed by atoms with E-state index in [1.807, 2.05) is 0 Å². The van der Waals surface area contributed by atoms with Crippen LogP contribution >= 0.6 is 0 Å². The lowest BCUT2D eigenvalue weighted by atomic mass is 10.0. The quantitative estimate of drug-likeness (QED) is 0.201. The zero-order chi connectivity index (χ0) is 17.9. The molecule has 0 aliphatic carbocycles. The molecular weight excluding hydrogens is 294 g/mol. The Labute approximate surface area is 153 Å². The summed E-state index contributed by atoms with van der Waals surface area (Å²) in [6.45, 7) is 9.16. The highest BCUT2D eigenvalue weighted by Gasteiger charge is 2.21. The minimum absolute atomic E-state index is 0.555. The van der Waals surface area contributed by atoms with Crippen LogP contribution in [0.4, 0.5) is 0 Å². The maximum Gasteiger partial charge on any atom is 0.116 e. The number of rotatable bonds is 19. The molecule has 0 aromatic carbocycles. The Morgan fingerprint density at radius 3 is 1.46 bits per heavy atom. The summed E-state index contributed by atoms with van der Waals surface area (Å²) >= 11 is 0. The zero-order valence-corrected chi connectivity index (χ0v) is 16.9. The van der Waals surface area contributed by atoms with Gasteiger partial charge in [-0.25, -0.2) is 0 Å². The largest absolute Gasteiger partial charge is 0.376 e. The Bertz CT molecular complexity index is 244. The maximum absolute atomic E-state index is 10.3. The molecule has 1 atom stereocenters. The number of nitrogens with one attached hydrogen (secondary N) is 1. The highest BCUT2D eigenvalue weighted by Crippen LogP contribution is 2.15. The van der Waals surface area contributed by atoms with Gasteiger partial charge in [0, 0.05) is 0 Å². The average molecular weight is 341 g/mol. The van der Waals surface area contributed by atoms with E-state index in [2.05, 4.69) is 26.1 Å². The number of hydrogen-bond acceptors (Lipinski definition) is 2. The van der Waals surface area contributed by atoms with Crippen molar-refractivity contribution in [2.75, 3.05) is 6.54 Å². The van der Waals surface area contributed by atoms with Crippen LogP contribution in [0.2, 0.25) is 0 Å². The molecule has 145 valence electrons. The predicted octanol–water partition coefficient (Wildman–Crippen LogP) is 6.77. The lowest BCUT2D eigenvalue weighted by Crippen LogP contribution is -2.44. The van der Waals surface area contributed by atoms with Gasteiger partial charge in [-0.1, -0.05) is 104 Å². The van der Waals surface area contributed by atoms with Crippen molar-refractivity contribution in [3.8, 4) is 0 Å². The molecule has 0 spiro atoms. The Hall–Kier alpha value is -0.0800. The summed E-state index contributed by atoms with van der Waals surface area (Å²) in [5.41, 5.74) is -0.731. The minimum atomic E-state index is -0.731. The molecular formula is C22H46NO. The van der Waals surface area contributed by atoms with Gasteiger partial charge < -0.3 is 5.11 Å². The Morgan fingerprint density at radius 2 is 1.08 bits per heavy atom. The molecule has 1 radical (unpaired) electrons. The second-order valence-electron chi connectivity index (χ2n) is 7.55. The Balaban J connectivity index is 3.20. The fourth-order valence-electron chi connectivity index (χ4n) is 3.36. The summed E-state index contributed by atoms with van der Waals surface area (Å²) in [6, 6.07) is 0. The summed E-state index contributed by atoms with van der Waals surface area (Å²) in [6.07, 6.45) is 21.8. The van der Waals surface area contributed by atoms with E-state index in [9.17, 15) is 5.11 Å². The molecule has 2 nitrogen and oxygen atoms in total. The van der Waals surface area contributed by atoms with Crippen molar-refractivity contribution in [2.24, 2.45) is 0 Å². The first-order valence-corrected chi connectivity index (χ1v) is 10.9. The van der Waals surface area contributed by atoms with Crippen LogP contribution in [0.1, 0.15) is 123 Å². The van der Waals surface area contributed by atoms with Crippen LogP contribution in [0.3, 0.4) is 0 Å². The third kappa shape index (κ3) is 15.4. The van der Waals surface area contributed by atoms with Crippen LogP contribution in [0.15, 0.2) is 0 Å². The summed E-state index contributed by atoms with van der Waals surface area (Å²) in [5.74, 6) is 0. The van der Waals surface area contributed by atoms with Crippen molar-refractivity contribution < 1.29 is 5.11 Å². The van der Waals surface area contributed by atoms with Crippen LogP contribution in [0.5, 0.6) is 0 Å². The standard InChI is InChI=1S/C22H46NO/c1-4-7-8-9-10-11-12-13-14-15-16-17-18-19-21-23-22(24,6-3)20-5-2/h23-24H,3-21H2,1-2H3. The molecule has 24 heavy (non-hydrogen) atoms. The molecule has 0 aromatic rings. The van der Waals surface area contributed by atoms with Gasteiger partial charge in [-0.3, -0.25) is 5.32 Å². The SMILES string of the molecule is [CH2]CC(O)(CCC)NCCCCCCCCCCCCCCCC. The van der Waals surface area contributed by atoms with E-state index >= 15 is 0 Å². The fraction of sp³-hybridized carbons (Fsp3) is 0.955. The third-order valence-corrected chi connectivity index (χ3v) is 5.06. The molecule has 2 N–H and O–H groups in total. The van der Waals surface area contributed by atoms with E-state index < -0.39 is 5.72 Å². The molecule has 2 heteroatoms. The van der Waals surface area contributed by atoms with Gasteiger partial charge in [-0.05, 0) is 32.7 Å². The summed E-state index contributed by atoms with van der Waals surface area (Å²) in [4.78, 5) is 0.